The molecule has 27 heavy (non-hydrogen) atoms. The number of imidazole rings is 1. The molecule has 0 aliphatic carbocycles. The number of guanidine groups is 1. The molecule has 1 aromatic heterocycles. The third-order valence-electron chi connectivity index (χ3n) is 5.55. The van der Waals surface area contributed by atoms with Crippen LogP contribution in [-0.2, 0) is 4.74 Å². The zero-order valence-electron chi connectivity index (χ0n) is 17.1. The van der Waals surface area contributed by atoms with E-state index in [9.17, 15) is 0 Å². The molecule has 0 radical (unpaired) electrons. The summed E-state index contributed by atoms with van der Waals surface area (Å²) < 4.78 is 8.03. The summed E-state index contributed by atoms with van der Waals surface area (Å²) in [5, 5.41) is 3.56. The van der Waals surface area contributed by atoms with Crippen LogP contribution in [0.15, 0.2) is 23.7 Å². The number of rotatable bonds is 4. The molecule has 7 nitrogen and oxygen atoms in total. The van der Waals surface area contributed by atoms with Crippen molar-refractivity contribution in [1.82, 2.24) is 24.7 Å². The van der Waals surface area contributed by atoms with Crippen LogP contribution >= 0.6 is 24.0 Å². The molecule has 0 spiro atoms. The van der Waals surface area contributed by atoms with Crippen LogP contribution in [0.4, 0.5) is 0 Å². The molecule has 0 amide bonds. The molecule has 2 saturated heterocycles. The summed E-state index contributed by atoms with van der Waals surface area (Å²) in [6.07, 6.45) is 7.03. The Balaban J connectivity index is 0.00000261. The number of halogens is 1. The molecule has 0 bridgehead atoms. The Morgan fingerprint density at radius 1 is 1.37 bits per heavy atom. The standard InChI is InChI=1S/C19H34N6O.HI/c1-16-5-8-24(13-17(16)25-10-6-21-15-25)18(20-4)22-7-9-23-11-12-26-19(2,3)14-23;/h6,10,15-17H,5,7-9,11-14H2,1-4H3,(H,20,22);1H. The minimum atomic E-state index is -0.0407. The minimum Gasteiger partial charge on any atom is -0.373 e. The third kappa shape index (κ3) is 6.05. The van der Waals surface area contributed by atoms with Crippen LogP contribution in [0.25, 0.3) is 0 Å². The van der Waals surface area contributed by atoms with Crippen LogP contribution in [0.3, 0.4) is 0 Å². The monoisotopic (exact) mass is 490 g/mol. The third-order valence-corrected chi connectivity index (χ3v) is 5.55. The lowest BCUT2D eigenvalue weighted by Gasteiger charge is -2.40. The van der Waals surface area contributed by atoms with Crippen LogP contribution in [0.2, 0.25) is 0 Å². The molecule has 0 aromatic carbocycles. The predicted octanol–water partition coefficient (Wildman–Crippen LogP) is 2.07. The fourth-order valence-electron chi connectivity index (χ4n) is 4.06. The normalized spacial score (nSPS) is 26.5. The number of hydrogen-bond donors (Lipinski definition) is 1. The Bertz CT molecular complexity index is 591. The second-order valence-electron chi connectivity index (χ2n) is 8.15. The molecule has 3 rings (SSSR count). The number of aromatic nitrogens is 2. The number of aliphatic imine (C=N–C) groups is 1. The molecule has 2 atom stereocenters. The van der Waals surface area contributed by atoms with Crippen molar-refractivity contribution in [3.05, 3.63) is 18.7 Å². The summed E-state index contributed by atoms with van der Waals surface area (Å²) >= 11 is 0. The number of ether oxygens (including phenoxy) is 1. The molecule has 154 valence electrons. The Hall–Kier alpha value is -0.870. The molecule has 1 aromatic rings. The maximum absolute atomic E-state index is 5.80. The van der Waals surface area contributed by atoms with Gasteiger partial charge in [-0.25, -0.2) is 4.98 Å². The molecule has 2 fully saturated rings. The molecule has 3 heterocycles. The molecule has 0 saturated carbocycles. The summed E-state index contributed by atoms with van der Waals surface area (Å²) in [5.74, 6) is 1.66. The lowest BCUT2D eigenvalue weighted by molar-refractivity contribution is -0.0852. The van der Waals surface area contributed by atoms with Gasteiger partial charge < -0.3 is 19.5 Å². The summed E-state index contributed by atoms with van der Waals surface area (Å²) in [5.41, 5.74) is -0.0407. The number of morpholine rings is 1. The van der Waals surface area contributed by atoms with Crippen molar-refractivity contribution in [2.75, 3.05) is 52.9 Å². The predicted molar refractivity (Wildman–Crippen MR) is 120 cm³/mol. The van der Waals surface area contributed by atoms with Gasteiger partial charge in [-0.3, -0.25) is 9.89 Å². The van der Waals surface area contributed by atoms with Crippen LogP contribution in [0, 0.1) is 5.92 Å². The van der Waals surface area contributed by atoms with E-state index >= 15 is 0 Å². The quantitative estimate of drug-likeness (QED) is 0.398. The second kappa shape index (κ2) is 10.1. The van der Waals surface area contributed by atoms with E-state index in [2.05, 4.69) is 56.6 Å². The van der Waals surface area contributed by atoms with Gasteiger partial charge in [0, 0.05) is 58.7 Å². The zero-order valence-corrected chi connectivity index (χ0v) is 19.4. The van der Waals surface area contributed by atoms with Crippen molar-refractivity contribution in [3.63, 3.8) is 0 Å². The number of nitrogens with one attached hydrogen (secondary N) is 1. The van der Waals surface area contributed by atoms with Crippen molar-refractivity contribution in [2.45, 2.75) is 38.8 Å². The molecule has 2 aliphatic heterocycles. The number of likely N-dealkylation sites (tertiary alicyclic amines) is 1. The molecule has 2 unspecified atom stereocenters. The van der Waals surface area contributed by atoms with E-state index in [1.54, 1.807) is 0 Å². The van der Waals surface area contributed by atoms with Gasteiger partial charge in [-0.05, 0) is 26.2 Å². The topological polar surface area (TPSA) is 57.9 Å². The number of piperidine rings is 1. The first-order valence-corrected chi connectivity index (χ1v) is 9.78. The highest BCUT2D eigenvalue weighted by Crippen LogP contribution is 2.27. The smallest absolute Gasteiger partial charge is 0.193 e. The first-order chi connectivity index (χ1) is 12.5. The molecule has 2 aliphatic rings. The first kappa shape index (κ1) is 22.4. The maximum atomic E-state index is 5.80. The fraction of sp³-hybridized carbons (Fsp3) is 0.789. The van der Waals surface area contributed by atoms with E-state index < -0.39 is 0 Å². The average Bonchev–Trinajstić information content (AvgIpc) is 3.13. The SMILES string of the molecule is CN=C(NCCN1CCOC(C)(C)C1)N1CCC(C)C(n2ccnc2)C1.I. The van der Waals surface area contributed by atoms with Crippen molar-refractivity contribution >= 4 is 29.9 Å². The van der Waals surface area contributed by atoms with E-state index in [0.717, 1.165) is 51.8 Å². The van der Waals surface area contributed by atoms with Crippen LogP contribution in [-0.4, -0.2) is 83.8 Å². The Kier molecular flexibility index (Phi) is 8.36. The lowest BCUT2D eigenvalue weighted by atomic mass is 9.93. The van der Waals surface area contributed by atoms with Gasteiger partial charge >= 0.3 is 0 Å². The van der Waals surface area contributed by atoms with Gasteiger partial charge in [-0.2, -0.15) is 0 Å². The highest BCUT2D eigenvalue weighted by molar-refractivity contribution is 14.0. The van der Waals surface area contributed by atoms with Gasteiger partial charge in [0.05, 0.1) is 24.6 Å². The Morgan fingerprint density at radius 3 is 2.85 bits per heavy atom. The van der Waals surface area contributed by atoms with E-state index in [0.29, 0.717) is 12.0 Å². The van der Waals surface area contributed by atoms with Gasteiger partial charge in [-0.15, -0.1) is 24.0 Å². The van der Waals surface area contributed by atoms with Crippen molar-refractivity contribution in [3.8, 4) is 0 Å². The van der Waals surface area contributed by atoms with Gasteiger partial charge in [-0.1, -0.05) is 6.92 Å². The molecular weight excluding hydrogens is 455 g/mol. The van der Waals surface area contributed by atoms with Crippen LogP contribution < -0.4 is 5.32 Å². The molecule has 8 heteroatoms. The van der Waals surface area contributed by atoms with E-state index in [1.165, 1.54) is 6.42 Å². The van der Waals surface area contributed by atoms with Gasteiger partial charge in [0.25, 0.3) is 0 Å². The Labute approximate surface area is 180 Å². The summed E-state index contributed by atoms with van der Waals surface area (Å²) in [6.45, 7) is 13.4. The number of hydrogen-bond acceptors (Lipinski definition) is 4. The van der Waals surface area contributed by atoms with E-state index in [-0.39, 0.29) is 29.6 Å². The summed E-state index contributed by atoms with van der Waals surface area (Å²) in [4.78, 5) is 13.6. The number of nitrogens with zero attached hydrogens (tertiary/aromatic N) is 5. The average molecular weight is 490 g/mol. The highest BCUT2D eigenvalue weighted by atomic mass is 127. The first-order valence-electron chi connectivity index (χ1n) is 9.78. The van der Waals surface area contributed by atoms with Crippen LogP contribution in [0.5, 0.6) is 0 Å². The van der Waals surface area contributed by atoms with Gasteiger partial charge in [0.2, 0.25) is 0 Å². The van der Waals surface area contributed by atoms with Gasteiger partial charge in [0.1, 0.15) is 0 Å². The van der Waals surface area contributed by atoms with Gasteiger partial charge in [0.15, 0.2) is 5.96 Å². The van der Waals surface area contributed by atoms with Crippen molar-refractivity contribution < 1.29 is 4.74 Å². The molecule has 1 N–H and O–H groups in total. The van der Waals surface area contributed by atoms with E-state index in [4.69, 9.17) is 4.74 Å². The Morgan fingerprint density at radius 2 is 2.19 bits per heavy atom. The maximum Gasteiger partial charge on any atom is 0.193 e. The summed E-state index contributed by atoms with van der Waals surface area (Å²) in [6, 6.07) is 0.449. The fourth-order valence-corrected chi connectivity index (χ4v) is 4.06. The van der Waals surface area contributed by atoms with Crippen LogP contribution in [0.1, 0.15) is 33.2 Å². The summed E-state index contributed by atoms with van der Waals surface area (Å²) in [7, 11) is 1.88. The van der Waals surface area contributed by atoms with Crippen molar-refractivity contribution in [2.24, 2.45) is 10.9 Å². The second-order valence-corrected chi connectivity index (χ2v) is 8.15. The highest BCUT2D eigenvalue weighted by Gasteiger charge is 2.29. The zero-order chi connectivity index (χ0) is 18.6. The molecular formula is C19H35IN6O. The van der Waals surface area contributed by atoms with E-state index in [1.807, 2.05) is 19.6 Å². The largest absolute Gasteiger partial charge is 0.373 e. The lowest BCUT2D eigenvalue weighted by Crippen LogP contribution is -2.52. The minimum absolute atomic E-state index is 0. The van der Waals surface area contributed by atoms with Crippen molar-refractivity contribution in [1.29, 1.82) is 0 Å².